The summed E-state index contributed by atoms with van der Waals surface area (Å²) in [5.74, 6) is -1.22. The van der Waals surface area contributed by atoms with Gasteiger partial charge in [0.25, 0.3) is 0 Å². The zero-order valence-electron chi connectivity index (χ0n) is 18.6. The van der Waals surface area contributed by atoms with E-state index in [1.54, 1.807) is 6.92 Å². The number of halogens is 6. The highest BCUT2D eigenvalue weighted by atomic mass is 31.1. The quantitative estimate of drug-likeness (QED) is 0.207. The Morgan fingerprint density at radius 2 is 1.31 bits per heavy atom. The molecule has 0 aromatic heterocycles. The lowest BCUT2D eigenvalue weighted by Gasteiger charge is -2.16. The first-order valence-electron chi connectivity index (χ1n) is 10.1. The number of ketones is 1. The van der Waals surface area contributed by atoms with Gasteiger partial charge < -0.3 is 0 Å². The summed E-state index contributed by atoms with van der Waals surface area (Å²) in [6.45, 7) is 4.58. The minimum absolute atomic E-state index is 0.213. The van der Waals surface area contributed by atoms with E-state index in [4.69, 9.17) is 0 Å². The molecule has 0 radical (unpaired) electrons. The summed E-state index contributed by atoms with van der Waals surface area (Å²) in [6, 6.07) is 10.3. The molecule has 10 heteroatoms. The molecule has 3 aromatic rings. The zero-order valence-corrected chi connectivity index (χ0v) is 19.5. The van der Waals surface area contributed by atoms with Gasteiger partial charge in [-0.15, -0.1) is 0 Å². The third-order valence-corrected chi connectivity index (χ3v) is 6.79. The Hall–Kier alpha value is -3.32. The van der Waals surface area contributed by atoms with Crippen LogP contribution in [0, 0.1) is 20.8 Å². The molecule has 1 unspecified atom stereocenters. The molecule has 3 rings (SSSR count). The Labute approximate surface area is 197 Å². The normalized spacial score (nSPS) is 12.4. The first-order valence-corrected chi connectivity index (χ1v) is 11.4. The Kier molecular flexibility index (Phi) is 7.04. The SMILES string of the molecule is Cc1cc(C)c(C(=O)[P+](=O)c2c(C(F)(F)F)ccc(C(=O)c3ccccc3)c2C(F)(F)F)c(C)c1. The van der Waals surface area contributed by atoms with Gasteiger partial charge in [0, 0.05) is 11.1 Å². The van der Waals surface area contributed by atoms with E-state index in [0.29, 0.717) is 11.6 Å². The Morgan fingerprint density at radius 3 is 1.80 bits per heavy atom. The van der Waals surface area contributed by atoms with Crippen LogP contribution in [0.25, 0.3) is 0 Å². The van der Waals surface area contributed by atoms with E-state index in [9.17, 15) is 40.5 Å². The van der Waals surface area contributed by atoms with Crippen LogP contribution in [-0.4, -0.2) is 11.3 Å². The fourth-order valence-corrected chi connectivity index (χ4v) is 5.60. The van der Waals surface area contributed by atoms with Crippen molar-refractivity contribution in [2.75, 3.05) is 0 Å². The number of aryl methyl sites for hydroxylation is 3. The highest BCUT2D eigenvalue weighted by Crippen LogP contribution is 2.43. The fourth-order valence-electron chi connectivity index (χ4n) is 3.97. The monoisotopic (exact) mass is 511 g/mol. The topological polar surface area (TPSA) is 51.2 Å². The fraction of sp³-hybridized carbons (Fsp3) is 0.200. The molecule has 0 aliphatic heterocycles. The zero-order chi connectivity index (χ0) is 26.3. The van der Waals surface area contributed by atoms with Crippen LogP contribution in [0.5, 0.6) is 0 Å². The Bertz CT molecular complexity index is 1320. The standard InChI is InChI=1S/C25H18F6O3P/c1-13-11-14(2)19(15(3)12-13)23(33)35(34)22-18(24(26,27)28)10-9-17(20(22)25(29,30)31)21(32)16-7-5-4-6-8-16/h4-12H,1-3H3/q+1. The van der Waals surface area contributed by atoms with Gasteiger partial charge in [-0.2, -0.15) is 26.3 Å². The maximum absolute atomic E-state index is 14.2. The molecular formula is C25H18F6O3P+. The molecule has 1 atom stereocenters. The average Bonchev–Trinajstić information content (AvgIpc) is 2.75. The van der Waals surface area contributed by atoms with Crippen molar-refractivity contribution in [3.63, 3.8) is 0 Å². The lowest BCUT2D eigenvalue weighted by molar-refractivity contribution is -0.141. The van der Waals surface area contributed by atoms with E-state index in [0.717, 1.165) is 0 Å². The number of carbonyl (C=O) groups is 2. The highest BCUT2D eigenvalue weighted by Gasteiger charge is 2.53. The van der Waals surface area contributed by atoms with Gasteiger partial charge in [-0.1, -0.05) is 52.6 Å². The van der Waals surface area contributed by atoms with Crippen LogP contribution in [0.15, 0.2) is 54.6 Å². The van der Waals surface area contributed by atoms with Crippen molar-refractivity contribution in [2.45, 2.75) is 33.1 Å². The third kappa shape index (κ3) is 5.20. The summed E-state index contributed by atoms with van der Waals surface area (Å²) in [7, 11) is -3.92. The van der Waals surface area contributed by atoms with E-state index in [-0.39, 0.29) is 28.3 Å². The average molecular weight is 511 g/mol. The van der Waals surface area contributed by atoms with Gasteiger partial charge in [-0.25, -0.2) is 4.79 Å². The minimum Gasteiger partial charge on any atom is -0.289 e. The molecule has 0 fully saturated rings. The van der Waals surface area contributed by atoms with Gasteiger partial charge in [0.2, 0.25) is 5.30 Å². The second kappa shape index (κ2) is 9.38. The molecule has 182 valence electrons. The number of carbonyl (C=O) groups excluding carboxylic acids is 2. The lowest BCUT2D eigenvalue weighted by atomic mass is 9.95. The van der Waals surface area contributed by atoms with Crippen LogP contribution < -0.4 is 5.30 Å². The van der Waals surface area contributed by atoms with Crippen LogP contribution in [0.2, 0.25) is 0 Å². The van der Waals surface area contributed by atoms with E-state index in [1.807, 2.05) is 0 Å². The number of benzene rings is 3. The molecule has 0 aliphatic carbocycles. The molecule has 0 spiro atoms. The van der Waals surface area contributed by atoms with Gasteiger partial charge in [0.05, 0.1) is 5.56 Å². The smallest absolute Gasteiger partial charge is 0.289 e. The molecule has 35 heavy (non-hydrogen) atoms. The summed E-state index contributed by atoms with van der Waals surface area (Å²) >= 11 is 0. The molecule has 0 heterocycles. The molecule has 0 bridgehead atoms. The molecule has 0 saturated carbocycles. The van der Waals surface area contributed by atoms with Gasteiger partial charge >= 0.3 is 25.7 Å². The minimum atomic E-state index is -5.51. The van der Waals surface area contributed by atoms with Crippen molar-refractivity contribution in [1.29, 1.82) is 0 Å². The number of rotatable bonds is 5. The van der Waals surface area contributed by atoms with E-state index in [2.05, 4.69) is 0 Å². The molecular weight excluding hydrogens is 493 g/mol. The van der Waals surface area contributed by atoms with Crippen LogP contribution >= 0.6 is 7.80 Å². The van der Waals surface area contributed by atoms with Gasteiger partial charge in [0.1, 0.15) is 11.1 Å². The Morgan fingerprint density at radius 1 is 0.771 bits per heavy atom. The van der Waals surface area contributed by atoms with Gasteiger partial charge in [-0.3, -0.25) is 4.79 Å². The molecule has 3 nitrogen and oxygen atoms in total. The summed E-state index contributed by atoms with van der Waals surface area (Å²) in [6.07, 6.45) is -10.9. The first-order chi connectivity index (χ1) is 16.1. The second-order valence-electron chi connectivity index (χ2n) is 7.95. The maximum Gasteiger partial charge on any atom is 0.459 e. The van der Waals surface area contributed by atoms with Gasteiger partial charge in [0.15, 0.2) is 5.78 Å². The van der Waals surface area contributed by atoms with Crippen molar-refractivity contribution in [2.24, 2.45) is 0 Å². The van der Waals surface area contributed by atoms with E-state index >= 15 is 0 Å². The lowest BCUT2D eigenvalue weighted by Crippen LogP contribution is -2.30. The Balaban J connectivity index is 2.36. The predicted octanol–water partition coefficient (Wildman–Crippen LogP) is 7.17. The largest absolute Gasteiger partial charge is 0.459 e. The summed E-state index contributed by atoms with van der Waals surface area (Å²) in [4.78, 5) is 26.0. The number of hydrogen-bond acceptors (Lipinski definition) is 3. The summed E-state index contributed by atoms with van der Waals surface area (Å²) in [5, 5.41) is -1.74. The number of alkyl halides is 6. The molecule has 0 N–H and O–H groups in total. The molecule has 0 amide bonds. The third-order valence-electron chi connectivity index (χ3n) is 5.33. The van der Waals surface area contributed by atoms with Crippen LogP contribution in [-0.2, 0) is 16.9 Å². The van der Waals surface area contributed by atoms with Crippen LogP contribution in [0.3, 0.4) is 0 Å². The maximum atomic E-state index is 14.2. The number of hydrogen-bond donors (Lipinski definition) is 0. The van der Waals surface area contributed by atoms with Crippen molar-refractivity contribution in [1.82, 2.24) is 0 Å². The van der Waals surface area contributed by atoms with Crippen molar-refractivity contribution >= 4 is 24.4 Å². The van der Waals surface area contributed by atoms with E-state index in [1.165, 1.54) is 56.3 Å². The molecule has 3 aromatic carbocycles. The molecule has 0 aliphatic rings. The van der Waals surface area contributed by atoms with E-state index < -0.39 is 53.5 Å². The predicted molar refractivity (Wildman–Crippen MR) is 119 cm³/mol. The molecule has 0 saturated heterocycles. The summed E-state index contributed by atoms with van der Waals surface area (Å²) < 4.78 is 97.4. The van der Waals surface area contributed by atoms with Crippen LogP contribution in [0.1, 0.15) is 54.1 Å². The van der Waals surface area contributed by atoms with Crippen molar-refractivity contribution < 1.29 is 40.5 Å². The van der Waals surface area contributed by atoms with Crippen molar-refractivity contribution in [3.8, 4) is 0 Å². The highest BCUT2D eigenvalue weighted by molar-refractivity contribution is 7.71. The first kappa shape index (κ1) is 26.3. The van der Waals surface area contributed by atoms with Crippen LogP contribution in [0.4, 0.5) is 26.3 Å². The summed E-state index contributed by atoms with van der Waals surface area (Å²) in [5.41, 5.74) is -5.63. The van der Waals surface area contributed by atoms with Crippen molar-refractivity contribution in [3.05, 3.63) is 99.1 Å². The van der Waals surface area contributed by atoms with Gasteiger partial charge in [-0.05, 0) is 44.0 Å². The second-order valence-corrected chi connectivity index (χ2v) is 9.39.